The Morgan fingerprint density at radius 1 is 1.23 bits per heavy atom. The highest BCUT2D eigenvalue weighted by atomic mass is 35.5. The topological polar surface area (TPSA) is 72.4 Å². The Morgan fingerprint density at radius 2 is 2.05 bits per heavy atom. The number of ether oxygens (including phenoxy) is 1. The molecule has 3 rings (SSSR count). The molecule has 8 heteroatoms. The fraction of sp³-hybridized carbons (Fsp3) is 0.286. The molecule has 1 aliphatic rings. The predicted octanol–water partition coefficient (Wildman–Crippen LogP) is 1.97. The normalized spacial score (nSPS) is 19.2. The lowest BCUT2D eigenvalue weighted by molar-refractivity contribution is 0.215. The van der Waals surface area contributed by atoms with Crippen molar-refractivity contribution in [2.75, 3.05) is 13.1 Å². The van der Waals surface area contributed by atoms with Crippen LogP contribution in [0.4, 0.5) is 0 Å². The highest BCUT2D eigenvalue weighted by molar-refractivity contribution is 7.89. The van der Waals surface area contributed by atoms with Crippen LogP contribution in [0, 0.1) is 0 Å². The Labute approximate surface area is 133 Å². The molecule has 3 heterocycles. The molecular weight excluding hydrogens is 326 g/mol. The van der Waals surface area contributed by atoms with Gasteiger partial charge in [0, 0.05) is 37.4 Å². The van der Waals surface area contributed by atoms with Crippen molar-refractivity contribution in [1.29, 1.82) is 0 Å². The molecule has 1 saturated heterocycles. The molecule has 1 fully saturated rings. The molecular formula is C14H14ClN3O3S. The molecule has 0 saturated carbocycles. The third-order valence-electron chi connectivity index (χ3n) is 3.41. The van der Waals surface area contributed by atoms with Gasteiger partial charge in [0.25, 0.3) is 0 Å². The lowest BCUT2D eigenvalue weighted by atomic mass is 10.3. The molecule has 1 aliphatic heterocycles. The second kappa shape index (κ2) is 6.20. The van der Waals surface area contributed by atoms with E-state index in [1.54, 1.807) is 24.5 Å². The van der Waals surface area contributed by atoms with Gasteiger partial charge in [-0.1, -0.05) is 11.6 Å². The number of rotatable bonds is 4. The Bertz CT molecular complexity index is 755. The van der Waals surface area contributed by atoms with Gasteiger partial charge in [0.05, 0.1) is 6.54 Å². The minimum atomic E-state index is -3.53. The maximum Gasteiger partial charge on any atom is 0.244 e. The average molecular weight is 340 g/mol. The highest BCUT2D eigenvalue weighted by Gasteiger charge is 2.33. The van der Waals surface area contributed by atoms with Crippen LogP contribution in [0.25, 0.3) is 0 Å². The van der Waals surface area contributed by atoms with E-state index in [2.05, 4.69) is 9.97 Å². The minimum absolute atomic E-state index is 0.192. The maximum atomic E-state index is 12.5. The van der Waals surface area contributed by atoms with E-state index in [4.69, 9.17) is 16.3 Å². The Morgan fingerprint density at radius 3 is 2.77 bits per heavy atom. The van der Waals surface area contributed by atoms with E-state index < -0.39 is 10.0 Å². The zero-order valence-electron chi connectivity index (χ0n) is 11.6. The van der Waals surface area contributed by atoms with Gasteiger partial charge >= 0.3 is 0 Å². The summed E-state index contributed by atoms with van der Waals surface area (Å²) in [4.78, 5) is 7.94. The Hall–Kier alpha value is -1.70. The van der Waals surface area contributed by atoms with Crippen molar-refractivity contribution >= 4 is 21.6 Å². The molecule has 0 spiro atoms. The molecule has 0 aromatic carbocycles. The largest absolute Gasteiger partial charge is 0.487 e. The van der Waals surface area contributed by atoms with Gasteiger partial charge in [0.15, 0.2) is 0 Å². The first kappa shape index (κ1) is 15.2. The molecule has 2 aromatic rings. The molecule has 0 radical (unpaired) electrons. The zero-order valence-corrected chi connectivity index (χ0v) is 13.2. The number of pyridine rings is 2. The number of hydrogen-bond acceptors (Lipinski definition) is 5. The summed E-state index contributed by atoms with van der Waals surface area (Å²) in [5, 5.41) is 0.413. The van der Waals surface area contributed by atoms with Gasteiger partial charge in [-0.3, -0.25) is 9.97 Å². The molecule has 0 unspecified atom stereocenters. The van der Waals surface area contributed by atoms with Gasteiger partial charge in [-0.15, -0.1) is 0 Å². The van der Waals surface area contributed by atoms with Crippen molar-refractivity contribution in [1.82, 2.24) is 14.3 Å². The van der Waals surface area contributed by atoms with Crippen molar-refractivity contribution in [3.63, 3.8) is 0 Å². The van der Waals surface area contributed by atoms with Crippen LogP contribution in [0.5, 0.6) is 5.75 Å². The van der Waals surface area contributed by atoms with E-state index in [9.17, 15) is 8.42 Å². The molecule has 6 nitrogen and oxygen atoms in total. The average Bonchev–Trinajstić information content (AvgIpc) is 3.00. The lowest BCUT2D eigenvalue weighted by Gasteiger charge is -2.17. The molecule has 0 N–H and O–H groups in total. The van der Waals surface area contributed by atoms with Crippen LogP contribution in [0.15, 0.2) is 47.9 Å². The third-order valence-corrected chi connectivity index (χ3v) is 5.54. The molecule has 116 valence electrons. The quantitative estimate of drug-likeness (QED) is 0.851. The van der Waals surface area contributed by atoms with Crippen LogP contribution in [-0.2, 0) is 10.0 Å². The van der Waals surface area contributed by atoms with Gasteiger partial charge in [-0.2, -0.15) is 4.31 Å². The summed E-state index contributed by atoms with van der Waals surface area (Å²) in [7, 11) is -3.53. The molecule has 1 atom stereocenters. The van der Waals surface area contributed by atoms with E-state index in [1.165, 1.54) is 22.8 Å². The summed E-state index contributed by atoms with van der Waals surface area (Å²) >= 11 is 6.00. The first-order valence-electron chi connectivity index (χ1n) is 6.74. The predicted molar refractivity (Wildman–Crippen MR) is 81.3 cm³/mol. The van der Waals surface area contributed by atoms with Gasteiger partial charge in [-0.05, 0) is 18.6 Å². The molecule has 0 aliphatic carbocycles. The van der Waals surface area contributed by atoms with E-state index in [0.29, 0.717) is 23.7 Å². The third kappa shape index (κ3) is 3.06. The molecule has 0 bridgehead atoms. The fourth-order valence-corrected chi connectivity index (χ4v) is 3.91. The van der Waals surface area contributed by atoms with Crippen molar-refractivity contribution in [2.24, 2.45) is 0 Å². The summed E-state index contributed by atoms with van der Waals surface area (Å²) in [5.74, 6) is 0.516. The molecule has 2 aromatic heterocycles. The van der Waals surface area contributed by atoms with E-state index >= 15 is 0 Å². The summed E-state index contributed by atoms with van der Waals surface area (Å²) in [6.45, 7) is 0.695. The van der Waals surface area contributed by atoms with E-state index in [-0.39, 0.29) is 17.5 Å². The van der Waals surface area contributed by atoms with Crippen molar-refractivity contribution in [2.45, 2.75) is 17.4 Å². The monoisotopic (exact) mass is 339 g/mol. The number of nitrogens with zero attached hydrogens (tertiary/aromatic N) is 3. The molecule has 0 amide bonds. The number of halogens is 1. The Kier molecular flexibility index (Phi) is 4.28. The second-order valence-electron chi connectivity index (χ2n) is 4.89. The van der Waals surface area contributed by atoms with E-state index in [1.807, 2.05) is 0 Å². The zero-order chi connectivity index (χ0) is 15.6. The standard InChI is InChI=1S/C14H14ClN3O3S/c15-13-9-17-6-3-14(13)21-11-4-7-18(10-11)22(19,20)12-2-1-5-16-8-12/h1-3,5-6,8-9,11H,4,7,10H2/t11-/m1/s1. The van der Waals surface area contributed by atoms with Crippen LogP contribution in [0.3, 0.4) is 0 Å². The smallest absolute Gasteiger partial charge is 0.244 e. The van der Waals surface area contributed by atoms with E-state index in [0.717, 1.165) is 0 Å². The van der Waals surface area contributed by atoms with Crippen molar-refractivity contribution in [3.8, 4) is 5.75 Å². The van der Waals surface area contributed by atoms with Crippen LogP contribution in [-0.4, -0.2) is 41.9 Å². The van der Waals surface area contributed by atoms with Gasteiger partial charge in [0.1, 0.15) is 21.8 Å². The van der Waals surface area contributed by atoms with Crippen molar-refractivity contribution < 1.29 is 13.2 Å². The Balaban J connectivity index is 1.72. The van der Waals surface area contributed by atoms with Crippen LogP contribution < -0.4 is 4.74 Å². The maximum absolute atomic E-state index is 12.5. The number of hydrogen-bond donors (Lipinski definition) is 0. The van der Waals surface area contributed by atoms with Crippen LogP contribution in [0.1, 0.15) is 6.42 Å². The van der Waals surface area contributed by atoms with Gasteiger partial charge in [0.2, 0.25) is 10.0 Å². The second-order valence-corrected chi connectivity index (χ2v) is 7.23. The minimum Gasteiger partial charge on any atom is -0.487 e. The lowest BCUT2D eigenvalue weighted by Crippen LogP contribution is -2.31. The van der Waals surface area contributed by atoms with Crippen molar-refractivity contribution in [3.05, 3.63) is 48.0 Å². The van der Waals surface area contributed by atoms with Crippen LogP contribution >= 0.6 is 11.6 Å². The SMILES string of the molecule is O=S(=O)(c1cccnc1)N1CC[C@@H](Oc2ccncc2Cl)C1. The van der Waals surface area contributed by atoms with Gasteiger partial charge < -0.3 is 4.74 Å². The first-order valence-corrected chi connectivity index (χ1v) is 8.55. The van der Waals surface area contributed by atoms with Gasteiger partial charge in [-0.25, -0.2) is 8.42 Å². The fourth-order valence-electron chi connectivity index (χ4n) is 2.30. The first-order chi connectivity index (χ1) is 10.6. The number of sulfonamides is 1. The van der Waals surface area contributed by atoms with Crippen LogP contribution in [0.2, 0.25) is 5.02 Å². The highest BCUT2D eigenvalue weighted by Crippen LogP contribution is 2.27. The summed E-state index contributed by atoms with van der Waals surface area (Å²) < 4.78 is 32.2. The summed E-state index contributed by atoms with van der Waals surface area (Å²) in [6.07, 6.45) is 6.35. The number of aromatic nitrogens is 2. The summed E-state index contributed by atoms with van der Waals surface area (Å²) in [5.41, 5.74) is 0. The molecule has 22 heavy (non-hydrogen) atoms. The summed E-state index contributed by atoms with van der Waals surface area (Å²) in [6, 6.07) is 4.81.